The van der Waals surface area contributed by atoms with E-state index in [0.29, 0.717) is 5.92 Å². The maximum Gasteiger partial charge on any atom is 0.111 e. The molecule has 0 radical (unpaired) electrons. The molecule has 0 saturated carbocycles. The molecule has 0 saturated heterocycles. The van der Waals surface area contributed by atoms with Crippen molar-refractivity contribution in [2.45, 2.75) is 53.0 Å². The summed E-state index contributed by atoms with van der Waals surface area (Å²) < 4.78 is 2.41. The van der Waals surface area contributed by atoms with Crippen LogP contribution in [0.3, 0.4) is 0 Å². The Balaban J connectivity index is 0.000000386. The fraction of sp³-hybridized carbons (Fsp3) is 0.643. The molecule has 1 atom stereocenters. The third kappa shape index (κ3) is 2.88. The number of rotatable bonds is 1. The predicted octanol–water partition coefficient (Wildman–Crippen LogP) is 3.23. The molecule has 0 N–H and O–H groups in total. The molecule has 1 aliphatic rings. The van der Waals surface area contributed by atoms with E-state index in [2.05, 4.69) is 48.9 Å². The van der Waals surface area contributed by atoms with Crippen molar-refractivity contribution in [3.8, 4) is 12.3 Å². The Kier molecular flexibility index (Phi) is 4.61. The first kappa shape index (κ1) is 12.8. The van der Waals surface area contributed by atoms with Gasteiger partial charge in [0.15, 0.2) is 0 Å². The molecule has 88 valence electrons. The van der Waals surface area contributed by atoms with Gasteiger partial charge in [0.2, 0.25) is 0 Å². The Bertz CT molecular complexity index is 369. The minimum absolute atomic E-state index is 0.558. The van der Waals surface area contributed by atoms with Gasteiger partial charge in [-0.05, 0) is 25.7 Å². The van der Waals surface area contributed by atoms with Gasteiger partial charge in [-0.25, -0.2) is 4.98 Å². The van der Waals surface area contributed by atoms with Gasteiger partial charge in [0.05, 0.1) is 0 Å². The molecule has 2 heterocycles. The van der Waals surface area contributed by atoms with Crippen molar-refractivity contribution in [1.82, 2.24) is 9.55 Å². The van der Waals surface area contributed by atoms with Gasteiger partial charge in [0.25, 0.3) is 0 Å². The van der Waals surface area contributed by atoms with Crippen LogP contribution in [0.25, 0.3) is 0 Å². The molecule has 0 spiro atoms. The Labute approximate surface area is 99.1 Å². The van der Waals surface area contributed by atoms with Crippen molar-refractivity contribution in [3.05, 3.63) is 17.7 Å². The lowest BCUT2D eigenvalue weighted by molar-refractivity contribution is 0.405. The monoisotopic (exact) mass is 218 g/mol. The van der Waals surface area contributed by atoms with Crippen molar-refractivity contribution in [2.75, 3.05) is 0 Å². The summed E-state index contributed by atoms with van der Waals surface area (Å²) in [5, 5.41) is 0. The summed E-state index contributed by atoms with van der Waals surface area (Å²) in [6.45, 7) is 9.58. The molecule has 0 aliphatic carbocycles. The van der Waals surface area contributed by atoms with Crippen LogP contribution in [0.5, 0.6) is 0 Å². The van der Waals surface area contributed by atoms with E-state index in [1.165, 1.54) is 30.9 Å². The van der Waals surface area contributed by atoms with E-state index in [1.54, 1.807) is 6.92 Å². The zero-order chi connectivity index (χ0) is 12.1. The van der Waals surface area contributed by atoms with Crippen molar-refractivity contribution < 1.29 is 0 Å². The highest BCUT2D eigenvalue weighted by atomic mass is 15.1. The molecule has 1 aliphatic heterocycles. The zero-order valence-electron chi connectivity index (χ0n) is 10.8. The van der Waals surface area contributed by atoms with E-state index in [4.69, 9.17) is 0 Å². The lowest BCUT2D eigenvalue weighted by Crippen LogP contribution is -2.18. The molecule has 1 unspecified atom stereocenters. The first-order chi connectivity index (χ1) is 7.60. The third-order valence-corrected chi connectivity index (χ3v) is 2.89. The van der Waals surface area contributed by atoms with E-state index in [9.17, 15) is 0 Å². The van der Waals surface area contributed by atoms with Gasteiger partial charge in [-0.1, -0.05) is 20.8 Å². The third-order valence-electron chi connectivity index (χ3n) is 2.89. The molecule has 0 amide bonds. The van der Waals surface area contributed by atoms with Crippen molar-refractivity contribution in [1.29, 1.82) is 0 Å². The van der Waals surface area contributed by atoms with Gasteiger partial charge in [-0.15, -0.1) is 12.3 Å². The van der Waals surface area contributed by atoms with E-state index in [0.717, 1.165) is 5.92 Å². The second-order valence-corrected chi connectivity index (χ2v) is 4.80. The summed E-state index contributed by atoms with van der Waals surface area (Å²) >= 11 is 0. The fourth-order valence-corrected chi connectivity index (χ4v) is 2.12. The molecular formula is C14H22N2. The topological polar surface area (TPSA) is 17.8 Å². The van der Waals surface area contributed by atoms with E-state index in [1.807, 2.05) is 0 Å². The van der Waals surface area contributed by atoms with Crippen LogP contribution < -0.4 is 0 Å². The van der Waals surface area contributed by atoms with Crippen molar-refractivity contribution in [2.24, 2.45) is 5.92 Å². The number of hydrogen-bond acceptors (Lipinski definition) is 1. The average molecular weight is 218 g/mol. The van der Waals surface area contributed by atoms with Gasteiger partial charge in [0, 0.05) is 24.4 Å². The van der Waals surface area contributed by atoms with Crippen LogP contribution in [-0.2, 0) is 13.0 Å². The lowest BCUT2D eigenvalue weighted by Gasteiger charge is -2.22. The Morgan fingerprint density at radius 2 is 2.19 bits per heavy atom. The Hall–Kier alpha value is -1.23. The number of imidazole rings is 1. The van der Waals surface area contributed by atoms with Crippen LogP contribution >= 0.6 is 0 Å². The summed E-state index contributed by atoms with van der Waals surface area (Å²) in [6, 6.07) is 0. The first-order valence-corrected chi connectivity index (χ1v) is 6.01. The first-order valence-electron chi connectivity index (χ1n) is 6.01. The minimum Gasteiger partial charge on any atom is -0.332 e. The van der Waals surface area contributed by atoms with Gasteiger partial charge in [-0.2, -0.15) is 0 Å². The van der Waals surface area contributed by atoms with Crippen LogP contribution in [-0.4, -0.2) is 9.55 Å². The number of nitrogens with zero attached hydrogens (tertiary/aromatic N) is 2. The summed E-state index contributed by atoms with van der Waals surface area (Å²) in [4.78, 5) is 4.49. The van der Waals surface area contributed by atoms with Gasteiger partial charge >= 0.3 is 0 Å². The highest BCUT2D eigenvalue weighted by Gasteiger charge is 2.19. The molecule has 0 aromatic carbocycles. The Morgan fingerprint density at radius 1 is 1.56 bits per heavy atom. The largest absolute Gasteiger partial charge is 0.332 e. The van der Waals surface area contributed by atoms with Gasteiger partial charge in [-0.3, -0.25) is 0 Å². The summed E-state index contributed by atoms with van der Waals surface area (Å²) in [5.41, 5.74) is 1.43. The van der Waals surface area contributed by atoms with E-state index in [-0.39, 0.29) is 0 Å². The fourth-order valence-electron chi connectivity index (χ4n) is 2.12. The molecule has 0 bridgehead atoms. The standard InChI is InChI=1S/C11H18N2.C3H4/c1-8(2)11-12-7-10-6-9(3)4-5-13(10)11;1-3-2/h7-9H,4-6H2,1-3H3;1H,2H3. The van der Waals surface area contributed by atoms with E-state index < -0.39 is 0 Å². The molecule has 0 fully saturated rings. The molecule has 2 nitrogen and oxygen atoms in total. The number of aromatic nitrogens is 2. The SMILES string of the molecule is C#CC.CC1CCn2c(cnc2C(C)C)C1. The quantitative estimate of drug-likeness (QED) is 0.662. The average Bonchev–Trinajstić information content (AvgIpc) is 2.61. The molecule has 1 aromatic rings. The highest BCUT2D eigenvalue weighted by molar-refractivity contribution is 5.11. The summed E-state index contributed by atoms with van der Waals surface area (Å²) in [7, 11) is 0. The Morgan fingerprint density at radius 3 is 2.75 bits per heavy atom. The highest BCUT2D eigenvalue weighted by Crippen LogP contribution is 2.24. The second kappa shape index (κ2) is 5.75. The van der Waals surface area contributed by atoms with Crippen molar-refractivity contribution >= 4 is 0 Å². The molecule has 2 rings (SSSR count). The zero-order valence-corrected chi connectivity index (χ0v) is 10.8. The van der Waals surface area contributed by atoms with Crippen LogP contribution in [0.4, 0.5) is 0 Å². The van der Waals surface area contributed by atoms with Crippen LogP contribution in [0.1, 0.15) is 51.6 Å². The smallest absolute Gasteiger partial charge is 0.111 e. The van der Waals surface area contributed by atoms with Crippen LogP contribution in [0, 0.1) is 18.3 Å². The second-order valence-electron chi connectivity index (χ2n) is 4.80. The summed E-state index contributed by atoms with van der Waals surface area (Å²) in [5.74, 6) is 4.91. The molecule has 1 aromatic heterocycles. The number of terminal acetylenes is 1. The molecule has 16 heavy (non-hydrogen) atoms. The summed E-state index contributed by atoms with van der Waals surface area (Å²) in [6.07, 6.45) is 9.17. The predicted molar refractivity (Wildman–Crippen MR) is 68.3 cm³/mol. The number of hydrogen-bond donors (Lipinski definition) is 0. The van der Waals surface area contributed by atoms with Gasteiger partial charge in [0.1, 0.15) is 5.82 Å². The number of fused-ring (bicyclic) bond motifs is 1. The van der Waals surface area contributed by atoms with Crippen LogP contribution in [0.2, 0.25) is 0 Å². The van der Waals surface area contributed by atoms with Crippen LogP contribution in [0.15, 0.2) is 6.20 Å². The van der Waals surface area contributed by atoms with E-state index >= 15 is 0 Å². The lowest BCUT2D eigenvalue weighted by atomic mass is 9.98. The normalized spacial score (nSPS) is 18.4. The van der Waals surface area contributed by atoms with Gasteiger partial charge < -0.3 is 4.57 Å². The van der Waals surface area contributed by atoms with Crippen molar-refractivity contribution in [3.63, 3.8) is 0 Å². The molecular weight excluding hydrogens is 196 g/mol. The maximum absolute atomic E-state index is 4.60. The maximum atomic E-state index is 4.60. The molecule has 2 heteroatoms. The minimum atomic E-state index is 0.558.